The molecule has 0 aliphatic heterocycles. The van der Waals surface area contributed by atoms with E-state index in [1.165, 1.54) is 6.07 Å². The summed E-state index contributed by atoms with van der Waals surface area (Å²) in [6.45, 7) is 1.86. The van der Waals surface area contributed by atoms with E-state index in [2.05, 4.69) is 0 Å². The van der Waals surface area contributed by atoms with Crippen molar-refractivity contribution in [3.05, 3.63) is 34.6 Å². The topological polar surface area (TPSA) is 17.1 Å². The minimum Gasteiger partial charge on any atom is -0.300 e. The molecule has 3 heteroatoms. The first-order chi connectivity index (χ1) is 7.13. The van der Waals surface area contributed by atoms with Crippen molar-refractivity contribution in [1.82, 2.24) is 0 Å². The van der Waals surface area contributed by atoms with Gasteiger partial charge in [-0.1, -0.05) is 24.6 Å². The Kier molecular flexibility index (Phi) is 4.76. The third-order valence-corrected chi connectivity index (χ3v) is 2.59. The lowest BCUT2D eigenvalue weighted by molar-refractivity contribution is -0.118. The smallest absolute Gasteiger partial charge is 0.141 e. The molecule has 1 nitrogen and oxygen atoms in total. The van der Waals surface area contributed by atoms with Gasteiger partial charge in [0.15, 0.2) is 0 Å². The number of Topliss-reactive ketones (excluding diaryl/α,β-unsaturated/α-hetero) is 1. The molecule has 0 bridgehead atoms. The maximum absolute atomic E-state index is 12.8. The number of carbonyl (C=O) groups excluding carboxylic acids is 1. The van der Waals surface area contributed by atoms with Crippen LogP contribution >= 0.6 is 11.6 Å². The molecule has 15 heavy (non-hydrogen) atoms. The van der Waals surface area contributed by atoms with Crippen molar-refractivity contribution in [3.8, 4) is 0 Å². The Bertz CT molecular complexity index is 349. The van der Waals surface area contributed by atoms with Crippen LogP contribution in [0.25, 0.3) is 0 Å². The number of halogens is 2. The van der Waals surface area contributed by atoms with Gasteiger partial charge in [-0.15, -0.1) is 0 Å². The van der Waals surface area contributed by atoms with Gasteiger partial charge >= 0.3 is 0 Å². The fourth-order valence-corrected chi connectivity index (χ4v) is 1.56. The molecule has 0 unspecified atom stereocenters. The maximum Gasteiger partial charge on any atom is 0.141 e. The molecular weight excluding hydrogens is 215 g/mol. The van der Waals surface area contributed by atoms with Crippen LogP contribution in [0.15, 0.2) is 18.2 Å². The number of hydrogen-bond acceptors (Lipinski definition) is 1. The van der Waals surface area contributed by atoms with Crippen LogP contribution in [-0.2, 0) is 11.2 Å². The summed E-state index contributed by atoms with van der Waals surface area (Å²) in [6.07, 6.45) is 2.75. The van der Waals surface area contributed by atoms with Gasteiger partial charge in [-0.05, 0) is 30.5 Å². The molecule has 0 saturated carbocycles. The Balaban J connectivity index is 2.44. The van der Waals surface area contributed by atoms with Gasteiger partial charge < -0.3 is 0 Å². The van der Waals surface area contributed by atoms with Crippen LogP contribution in [0.1, 0.15) is 31.7 Å². The van der Waals surface area contributed by atoms with Crippen molar-refractivity contribution in [1.29, 1.82) is 0 Å². The molecule has 0 aliphatic carbocycles. The predicted molar refractivity (Wildman–Crippen MR) is 59.6 cm³/mol. The van der Waals surface area contributed by atoms with E-state index in [1.54, 1.807) is 12.1 Å². The average molecular weight is 229 g/mol. The van der Waals surface area contributed by atoms with Crippen molar-refractivity contribution in [2.24, 2.45) is 0 Å². The zero-order chi connectivity index (χ0) is 11.3. The molecule has 0 atom stereocenters. The Morgan fingerprint density at radius 3 is 2.80 bits per heavy atom. The molecule has 1 aromatic rings. The van der Waals surface area contributed by atoms with Gasteiger partial charge in [0.1, 0.15) is 11.6 Å². The quantitative estimate of drug-likeness (QED) is 0.750. The third kappa shape index (κ3) is 4.00. The van der Waals surface area contributed by atoms with Crippen LogP contribution in [0.5, 0.6) is 0 Å². The Morgan fingerprint density at radius 2 is 2.20 bits per heavy atom. The lowest BCUT2D eigenvalue weighted by Gasteiger charge is -2.02. The highest BCUT2D eigenvalue weighted by Gasteiger charge is 2.02. The molecular formula is C12H14ClFO. The minimum absolute atomic E-state index is 0.148. The fraction of sp³-hybridized carbons (Fsp3) is 0.417. The van der Waals surface area contributed by atoms with E-state index in [-0.39, 0.29) is 10.8 Å². The zero-order valence-electron chi connectivity index (χ0n) is 8.72. The summed E-state index contributed by atoms with van der Waals surface area (Å²) in [6, 6.07) is 4.68. The van der Waals surface area contributed by atoms with E-state index in [0.29, 0.717) is 12.8 Å². The van der Waals surface area contributed by atoms with E-state index < -0.39 is 5.82 Å². The van der Waals surface area contributed by atoms with Gasteiger partial charge in [-0.25, -0.2) is 4.39 Å². The molecule has 0 spiro atoms. The first kappa shape index (κ1) is 12.2. The summed E-state index contributed by atoms with van der Waals surface area (Å²) in [5.41, 5.74) is 0.977. The normalized spacial score (nSPS) is 10.3. The molecule has 0 heterocycles. The number of carbonyl (C=O) groups is 1. The lowest BCUT2D eigenvalue weighted by atomic mass is 10.1. The lowest BCUT2D eigenvalue weighted by Crippen LogP contribution is -1.96. The van der Waals surface area contributed by atoms with Gasteiger partial charge in [0, 0.05) is 12.8 Å². The number of aryl methyl sites for hydroxylation is 1. The van der Waals surface area contributed by atoms with Crippen molar-refractivity contribution in [2.45, 2.75) is 32.6 Å². The second-order valence-electron chi connectivity index (χ2n) is 3.49. The van der Waals surface area contributed by atoms with Gasteiger partial charge in [-0.2, -0.15) is 0 Å². The maximum atomic E-state index is 12.8. The first-order valence-electron chi connectivity index (χ1n) is 5.09. The van der Waals surface area contributed by atoms with E-state index in [4.69, 9.17) is 11.6 Å². The summed E-state index contributed by atoms with van der Waals surface area (Å²) >= 11 is 5.64. The second-order valence-corrected chi connectivity index (χ2v) is 3.90. The molecule has 0 radical (unpaired) electrons. The highest BCUT2D eigenvalue weighted by Crippen LogP contribution is 2.17. The highest BCUT2D eigenvalue weighted by atomic mass is 35.5. The second kappa shape index (κ2) is 5.86. The Labute approximate surface area is 94.3 Å². The SMILES string of the molecule is CCC(=O)CCCc1ccc(F)c(Cl)c1. The van der Waals surface area contributed by atoms with Gasteiger partial charge in [0.05, 0.1) is 5.02 Å². The van der Waals surface area contributed by atoms with E-state index in [0.717, 1.165) is 18.4 Å². The van der Waals surface area contributed by atoms with Crippen LogP contribution in [0.3, 0.4) is 0 Å². The molecule has 1 rings (SSSR count). The van der Waals surface area contributed by atoms with Crippen molar-refractivity contribution >= 4 is 17.4 Å². The van der Waals surface area contributed by atoms with Crippen LogP contribution < -0.4 is 0 Å². The highest BCUT2D eigenvalue weighted by molar-refractivity contribution is 6.30. The molecule has 0 amide bonds. The van der Waals surface area contributed by atoms with Gasteiger partial charge in [0.2, 0.25) is 0 Å². The average Bonchev–Trinajstić information content (AvgIpc) is 2.23. The summed E-state index contributed by atoms with van der Waals surface area (Å²) < 4.78 is 12.8. The largest absolute Gasteiger partial charge is 0.300 e. The Hall–Kier alpha value is -0.890. The van der Waals surface area contributed by atoms with E-state index in [9.17, 15) is 9.18 Å². The van der Waals surface area contributed by atoms with Crippen molar-refractivity contribution in [2.75, 3.05) is 0 Å². The molecule has 1 aromatic carbocycles. The standard InChI is InChI=1S/C12H14ClFO/c1-2-10(15)5-3-4-9-6-7-12(14)11(13)8-9/h6-8H,2-5H2,1H3. The summed E-state index contributed by atoms with van der Waals surface area (Å²) in [5, 5.41) is 0.148. The minimum atomic E-state index is -0.398. The molecule has 0 aromatic heterocycles. The van der Waals surface area contributed by atoms with Gasteiger partial charge in [0.25, 0.3) is 0 Å². The predicted octanol–water partition coefficient (Wildman–Crippen LogP) is 3.78. The number of hydrogen-bond donors (Lipinski definition) is 0. The van der Waals surface area contributed by atoms with Gasteiger partial charge in [-0.3, -0.25) is 4.79 Å². The summed E-state index contributed by atoms with van der Waals surface area (Å²) in [4.78, 5) is 11.0. The molecule has 0 saturated heterocycles. The molecule has 0 aliphatic rings. The molecule has 0 N–H and O–H groups in total. The number of rotatable bonds is 5. The van der Waals surface area contributed by atoms with Crippen LogP contribution in [-0.4, -0.2) is 5.78 Å². The van der Waals surface area contributed by atoms with E-state index >= 15 is 0 Å². The van der Waals surface area contributed by atoms with Crippen molar-refractivity contribution in [3.63, 3.8) is 0 Å². The summed E-state index contributed by atoms with van der Waals surface area (Å²) in [5.74, 6) is -0.131. The zero-order valence-corrected chi connectivity index (χ0v) is 9.48. The molecule has 82 valence electrons. The van der Waals surface area contributed by atoms with Crippen LogP contribution in [0, 0.1) is 5.82 Å². The fourth-order valence-electron chi connectivity index (χ4n) is 1.36. The first-order valence-corrected chi connectivity index (χ1v) is 5.47. The van der Waals surface area contributed by atoms with Crippen LogP contribution in [0.4, 0.5) is 4.39 Å². The third-order valence-electron chi connectivity index (χ3n) is 2.30. The monoisotopic (exact) mass is 228 g/mol. The molecule has 0 fully saturated rings. The van der Waals surface area contributed by atoms with Crippen molar-refractivity contribution < 1.29 is 9.18 Å². The number of ketones is 1. The van der Waals surface area contributed by atoms with E-state index in [1.807, 2.05) is 6.92 Å². The number of benzene rings is 1. The Morgan fingerprint density at radius 1 is 1.47 bits per heavy atom. The van der Waals surface area contributed by atoms with Crippen LogP contribution in [0.2, 0.25) is 5.02 Å². The summed E-state index contributed by atoms with van der Waals surface area (Å²) in [7, 11) is 0.